The third-order valence-electron chi connectivity index (χ3n) is 3.33. The second-order valence-corrected chi connectivity index (χ2v) is 5.26. The van der Waals surface area contributed by atoms with E-state index in [-0.39, 0.29) is 18.3 Å². The third-order valence-corrected chi connectivity index (χ3v) is 3.57. The molecule has 1 aliphatic heterocycles. The van der Waals surface area contributed by atoms with Crippen LogP contribution in [0.3, 0.4) is 0 Å². The van der Waals surface area contributed by atoms with Crippen LogP contribution < -0.4 is 0 Å². The van der Waals surface area contributed by atoms with E-state index in [4.69, 9.17) is 21.4 Å². The van der Waals surface area contributed by atoms with Gasteiger partial charge in [0.1, 0.15) is 12.4 Å². The van der Waals surface area contributed by atoms with E-state index < -0.39 is 17.7 Å². The van der Waals surface area contributed by atoms with Crippen LogP contribution in [-0.2, 0) is 9.53 Å². The molecule has 1 fully saturated rings. The van der Waals surface area contributed by atoms with Crippen LogP contribution in [0.5, 0.6) is 0 Å². The fourth-order valence-corrected chi connectivity index (χ4v) is 2.42. The Balaban J connectivity index is 1.94. The molecule has 0 radical (unpaired) electrons. The predicted molar refractivity (Wildman–Crippen MR) is 73.9 cm³/mol. The molecular weight excluding hydrogens is 301 g/mol. The molecule has 21 heavy (non-hydrogen) atoms. The minimum Gasteiger partial charge on any atom is -0.480 e. The molecule has 1 aromatic rings. The number of halogens is 2. The van der Waals surface area contributed by atoms with Crippen LogP contribution in [0.2, 0.25) is 5.02 Å². The lowest BCUT2D eigenvalue weighted by molar-refractivity contribution is -0.145. The van der Waals surface area contributed by atoms with Crippen molar-refractivity contribution < 1.29 is 23.8 Å². The van der Waals surface area contributed by atoms with E-state index in [1.54, 1.807) is 0 Å². The van der Waals surface area contributed by atoms with Gasteiger partial charge in [0.15, 0.2) is 0 Å². The molecule has 0 bridgehead atoms. The van der Waals surface area contributed by atoms with E-state index in [1.165, 1.54) is 17.0 Å². The van der Waals surface area contributed by atoms with Gasteiger partial charge in [0.05, 0.1) is 11.7 Å². The largest absolute Gasteiger partial charge is 0.480 e. The standard InChI is InChI=1S/C14H15ClFNO4/c15-9-1-2-12(16)11(7-9)14(20)17-5-3-10(4-6-17)21-8-13(18)19/h1-2,7,10H,3-6,8H2,(H,18,19). The number of piperidine rings is 1. The molecule has 114 valence electrons. The van der Waals surface area contributed by atoms with Gasteiger partial charge in [0.2, 0.25) is 0 Å². The number of benzene rings is 1. The van der Waals surface area contributed by atoms with Crippen LogP contribution in [0, 0.1) is 5.82 Å². The van der Waals surface area contributed by atoms with E-state index in [2.05, 4.69) is 0 Å². The minimum absolute atomic E-state index is 0.0487. The van der Waals surface area contributed by atoms with Gasteiger partial charge in [-0.25, -0.2) is 9.18 Å². The molecule has 1 aliphatic rings. The van der Waals surface area contributed by atoms with Crippen molar-refractivity contribution >= 4 is 23.5 Å². The molecule has 7 heteroatoms. The number of likely N-dealkylation sites (tertiary alicyclic amines) is 1. The number of hydrogen-bond donors (Lipinski definition) is 1. The van der Waals surface area contributed by atoms with Gasteiger partial charge < -0.3 is 14.7 Å². The lowest BCUT2D eigenvalue weighted by Gasteiger charge is -2.31. The number of nitrogens with zero attached hydrogens (tertiary/aromatic N) is 1. The quantitative estimate of drug-likeness (QED) is 0.925. The van der Waals surface area contributed by atoms with Crippen LogP contribution in [0.1, 0.15) is 23.2 Å². The Kier molecular flexibility index (Phi) is 5.14. The van der Waals surface area contributed by atoms with Crippen molar-refractivity contribution in [2.45, 2.75) is 18.9 Å². The number of hydrogen-bond acceptors (Lipinski definition) is 3. The van der Waals surface area contributed by atoms with Gasteiger partial charge in [-0.3, -0.25) is 4.79 Å². The van der Waals surface area contributed by atoms with Crippen molar-refractivity contribution in [1.82, 2.24) is 4.90 Å². The van der Waals surface area contributed by atoms with Gasteiger partial charge in [-0.15, -0.1) is 0 Å². The number of carboxylic acids is 1. The highest BCUT2D eigenvalue weighted by molar-refractivity contribution is 6.31. The number of ether oxygens (including phenoxy) is 1. The highest BCUT2D eigenvalue weighted by Gasteiger charge is 2.26. The monoisotopic (exact) mass is 315 g/mol. The Morgan fingerprint density at radius 1 is 1.38 bits per heavy atom. The first kappa shape index (κ1) is 15.7. The van der Waals surface area contributed by atoms with E-state index in [0.717, 1.165) is 6.07 Å². The van der Waals surface area contributed by atoms with E-state index in [0.29, 0.717) is 31.0 Å². The van der Waals surface area contributed by atoms with Crippen molar-refractivity contribution in [3.8, 4) is 0 Å². The summed E-state index contributed by atoms with van der Waals surface area (Å²) in [7, 11) is 0. The highest BCUT2D eigenvalue weighted by atomic mass is 35.5. The molecule has 0 spiro atoms. The van der Waals surface area contributed by atoms with E-state index >= 15 is 0 Å². The van der Waals surface area contributed by atoms with Gasteiger partial charge in [-0.05, 0) is 31.0 Å². The van der Waals surface area contributed by atoms with Crippen molar-refractivity contribution in [3.63, 3.8) is 0 Å². The first-order valence-corrected chi connectivity index (χ1v) is 6.93. The maximum absolute atomic E-state index is 13.7. The average molecular weight is 316 g/mol. The number of aliphatic carboxylic acids is 1. The van der Waals surface area contributed by atoms with Crippen molar-refractivity contribution in [3.05, 3.63) is 34.6 Å². The molecular formula is C14H15ClFNO4. The zero-order chi connectivity index (χ0) is 15.4. The zero-order valence-corrected chi connectivity index (χ0v) is 12.0. The second kappa shape index (κ2) is 6.87. The summed E-state index contributed by atoms with van der Waals surface area (Å²) in [5, 5.41) is 8.85. The van der Waals surface area contributed by atoms with Gasteiger partial charge in [-0.1, -0.05) is 11.6 Å². The summed E-state index contributed by atoms with van der Waals surface area (Å²) in [6.45, 7) is 0.450. The minimum atomic E-state index is -1.02. The molecule has 5 nitrogen and oxygen atoms in total. The first-order valence-electron chi connectivity index (χ1n) is 6.55. The Hall–Kier alpha value is -1.66. The third kappa shape index (κ3) is 4.15. The molecule has 0 aliphatic carbocycles. The maximum atomic E-state index is 13.7. The predicted octanol–water partition coefficient (Wildman–Crippen LogP) is 2.18. The lowest BCUT2D eigenvalue weighted by Crippen LogP contribution is -2.41. The maximum Gasteiger partial charge on any atom is 0.329 e. The summed E-state index contributed by atoms with van der Waals surface area (Å²) in [4.78, 5) is 24.2. The number of rotatable bonds is 4. The van der Waals surface area contributed by atoms with E-state index in [9.17, 15) is 14.0 Å². The summed E-state index contributed by atoms with van der Waals surface area (Å²) < 4.78 is 18.9. The number of carbonyl (C=O) groups excluding carboxylic acids is 1. The Labute approximate surface area is 126 Å². The molecule has 1 amide bonds. The van der Waals surface area contributed by atoms with Crippen LogP contribution in [0.4, 0.5) is 4.39 Å². The Morgan fingerprint density at radius 3 is 2.67 bits per heavy atom. The normalized spacial score (nSPS) is 16.0. The Morgan fingerprint density at radius 2 is 2.05 bits per heavy atom. The van der Waals surface area contributed by atoms with Crippen molar-refractivity contribution in [2.75, 3.05) is 19.7 Å². The molecule has 1 heterocycles. The molecule has 1 saturated heterocycles. The molecule has 0 saturated carbocycles. The number of amides is 1. The molecule has 1 aromatic carbocycles. The molecule has 0 aromatic heterocycles. The van der Waals surface area contributed by atoms with E-state index in [1.807, 2.05) is 0 Å². The first-order chi connectivity index (χ1) is 9.97. The summed E-state index contributed by atoms with van der Waals surface area (Å²) >= 11 is 5.78. The van der Waals surface area contributed by atoms with Gasteiger partial charge in [0, 0.05) is 18.1 Å². The van der Waals surface area contributed by atoms with Crippen LogP contribution >= 0.6 is 11.6 Å². The molecule has 1 N–H and O–H groups in total. The number of carboxylic acid groups (broad SMARTS) is 1. The Bertz CT molecular complexity index is 544. The lowest BCUT2D eigenvalue weighted by atomic mass is 10.1. The summed E-state index contributed by atoms with van der Waals surface area (Å²) in [5.74, 6) is -2.03. The molecule has 0 unspecified atom stereocenters. The smallest absolute Gasteiger partial charge is 0.329 e. The summed E-state index contributed by atoms with van der Waals surface area (Å²) in [5.41, 5.74) is -0.0487. The zero-order valence-electron chi connectivity index (χ0n) is 11.2. The SMILES string of the molecule is O=C(O)COC1CCN(C(=O)c2cc(Cl)ccc2F)CC1. The fourth-order valence-electron chi connectivity index (χ4n) is 2.25. The second-order valence-electron chi connectivity index (χ2n) is 4.82. The average Bonchev–Trinajstić information content (AvgIpc) is 2.47. The summed E-state index contributed by atoms with van der Waals surface area (Å²) in [6, 6.07) is 3.87. The molecule has 2 rings (SSSR count). The number of carbonyl (C=O) groups is 2. The van der Waals surface area contributed by atoms with Gasteiger partial charge >= 0.3 is 5.97 Å². The summed E-state index contributed by atoms with van der Waals surface area (Å²) in [6.07, 6.45) is 0.872. The van der Waals surface area contributed by atoms with Crippen molar-refractivity contribution in [1.29, 1.82) is 0 Å². The van der Waals surface area contributed by atoms with Gasteiger partial charge in [0.25, 0.3) is 5.91 Å². The fraction of sp³-hybridized carbons (Fsp3) is 0.429. The van der Waals surface area contributed by atoms with Crippen LogP contribution in [-0.4, -0.2) is 47.7 Å². The van der Waals surface area contributed by atoms with Crippen LogP contribution in [0.25, 0.3) is 0 Å². The molecule has 0 atom stereocenters. The highest BCUT2D eigenvalue weighted by Crippen LogP contribution is 2.20. The van der Waals surface area contributed by atoms with Crippen LogP contribution in [0.15, 0.2) is 18.2 Å². The van der Waals surface area contributed by atoms with Gasteiger partial charge in [-0.2, -0.15) is 0 Å². The topological polar surface area (TPSA) is 66.8 Å². The van der Waals surface area contributed by atoms with Crippen molar-refractivity contribution in [2.24, 2.45) is 0 Å².